The Bertz CT molecular complexity index is 1030. The lowest BCUT2D eigenvalue weighted by atomic mass is 9.71. The van der Waals surface area contributed by atoms with Crippen LogP contribution in [-0.2, 0) is 9.59 Å². The van der Waals surface area contributed by atoms with E-state index in [1.807, 2.05) is 37.3 Å². The highest BCUT2D eigenvalue weighted by Crippen LogP contribution is 2.53. The van der Waals surface area contributed by atoms with E-state index in [0.717, 1.165) is 22.4 Å². The topological polar surface area (TPSA) is 83.5 Å². The van der Waals surface area contributed by atoms with Gasteiger partial charge in [0.15, 0.2) is 11.6 Å². The number of Topliss-reactive ketones (excluding diaryl/α,β-unsaturated/α-hetero) is 2. The first-order valence-corrected chi connectivity index (χ1v) is 9.72. The normalized spacial score (nSPS) is 30.4. The van der Waals surface area contributed by atoms with Gasteiger partial charge >= 0.3 is 5.97 Å². The van der Waals surface area contributed by atoms with Crippen molar-refractivity contribution in [3.05, 3.63) is 64.7 Å². The second kappa shape index (κ2) is 6.03. The van der Waals surface area contributed by atoms with Gasteiger partial charge in [0, 0.05) is 29.5 Å². The molecule has 2 aliphatic carbocycles. The van der Waals surface area contributed by atoms with E-state index in [1.54, 1.807) is 12.1 Å². The largest absolute Gasteiger partial charge is 0.478 e. The Kier molecular flexibility index (Phi) is 3.69. The fraction of sp³-hybridized carbons (Fsp3) is 0.348. The van der Waals surface area contributed by atoms with Gasteiger partial charge in [0.1, 0.15) is 5.92 Å². The molecule has 0 saturated heterocycles. The number of aryl methyl sites for hydroxylation is 1. The molecule has 0 spiro atoms. The second-order valence-corrected chi connectivity index (χ2v) is 8.27. The van der Waals surface area contributed by atoms with Crippen molar-refractivity contribution < 1.29 is 19.5 Å². The lowest BCUT2D eigenvalue weighted by Gasteiger charge is -2.33. The number of carbonyl (C=O) groups excluding carboxylic acids is 2. The van der Waals surface area contributed by atoms with Gasteiger partial charge in [0.2, 0.25) is 0 Å². The van der Waals surface area contributed by atoms with E-state index in [9.17, 15) is 19.5 Å². The molecule has 1 heterocycles. The van der Waals surface area contributed by atoms with Crippen LogP contribution in [-0.4, -0.2) is 28.7 Å². The number of benzene rings is 2. The number of fused-ring (bicyclic) bond motifs is 4. The fourth-order valence-electron chi connectivity index (χ4n) is 5.53. The summed E-state index contributed by atoms with van der Waals surface area (Å²) in [5, 5.41) is 13.0. The van der Waals surface area contributed by atoms with Crippen molar-refractivity contribution in [2.24, 2.45) is 11.8 Å². The number of anilines is 1. The molecule has 0 bridgehead atoms. The Labute approximate surface area is 162 Å². The van der Waals surface area contributed by atoms with Crippen LogP contribution in [0.25, 0.3) is 0 Å². The van der Waals surface area contributed by atoms with Gasteiger partial charge in [0.25, 0.3) is 0 Å². The first kappa shape index (κ1) is 17.2. The van der Waals surface area contributed by atoms with Crippen molar-refractivity contribution >= 4 is 23.2 Å². The van der Waals surface area contributed by atoms with Gasteiger partial charge in [-0.25, -0.2) is 4.79 Å². The van der Waals surface area contributed by atoms with E-state index in [1.165, 1.54) is 0 Å². The lowest BCUT2D eigenvalue weighted by Crippen LogP contribution is -2.36. The van der Waals surface area contributed by atoms with Gasteiger partial charge in [-0.2, -0.15) is 0 Å². The van der Waals surface area contributed by atoms with Crippen LogP contribution < -0.4 is 5.32 Å². The zero-order valence-corrected chi connectivity index (χ0v) is 15.5. The average Bonchev–Trinajstić information content (AvgIpc) is 3.15. The number of carboxylic acids is 1. The molecule has 28 heavy (non-hydrogen) atoms. The van der Waals surface area contributed by atoms with Crippen LogP contribution in [0.3, 0.4) is 0 Å². The van der Waals surface area contributed by atoms with Crippen molar-refractivity contribution in [3.63, 3.8) is 0 Å². The Balaban J connectivity index is 1.51. The van der Waals surface area contributed by atoms with Crippen molar-refractivity contribution in [1.82, 2.24) is 0 Å². The highest BCUT2D eigenvalue weighted by molar-refractivity contribution is 6.16. The van der Waals surface area contributed by atoms with Gasteiger partial charge < -0.3 is 10.4 Å². The van der Waals surface area contributed by atoms with Crippen LogP contribution in [0.15, 0.2) is 42.5 Å². The van der Waals surface area contributed by atoms with Crippen molar-refractivity contribution in [1.29, 1.82) is 0 Å². The number of hydrogen-bond acceptors (Lipinski definition) is 4. The fourth-order valence-corrected chi connectivity index (χ4v) is 5.53. The molecule has 3 aliphatic rings. The predicted molar refractivity (Wildman–Crippen MR) is 104 cm³/mol. The number of rotatable bonds is 2. The molecule has 0 radical (unpaired) electrons. The molecule has 2 fully saturated rings. The summed E-state index contributed by atoms with van der Waals surface area (Å²) >= 11 is 0. The molecule has 0 aromatic heterocycles. The maximum absolute atomic E-state index is 13.2. The van der Waals surface area contributed by atoms with Gasteiger partial charge in [-0.1, -0.05) is 35.9 Å². The standard InChI is InChI=1S/C23H21NO4/c1-11-4-2-5-12(8-11)19-21(25)14-9-16-18(10-15(14)22(19)26)24-17-7-3-6-13(20(16)17)23(27)28/h2-8,14-16,18-19,24H,9-10H2,1H3,(H,27,28). The van der Waals surface area contributed by atoms with Crippen LogP contribution in [0.4, 0.5) is 5.69 Å². The molecule has 2 aromatic carbocycles. The third kappa shape index (κ3) is 2.35. The van der Waals surface area contributed by atoms with E-state index in [2.05, 4.69) is 5.32 Å². The van der Waals surface area contributed by atoms with Crippen LogP contribution in [0, 0.1) is 18.8 Å². The number of carbonyl (C=O) groups is 3. The van der Waals surface area contributed by atoms with E-state index >= 15 is 0 Å². The number of carboxylic acid groups (broad SMARTS) is 1. The molecular formula is C23H21NO4. The van der Waals surface area contributed by atoms with Crippen molar-refractivity contribution in [2.75, 3.05) is 5.32 Å². The molecule has 5 rings (SSSR count). The summed E-state index contributed by atoms with van der Waals surface area (Å²) in [5.74, 6) is -2.26. The molecule has 2 saturated carbocycles. The minimum absolute atomic E-state index is 0.000283. The lowest BCUT2D eigenvalue weighted by molar-refractivity contribution is -0.125. The zero-order chi connectivity index (χ0) is 19.6. The third-order valence-electron chi connectivity index (χ3n) is 6.71. The Morgan fingerprint density at radius 1 is 1.00 bits per heavy atom. The molecule has 5 heteroatoms. The minimum Gasteiger partial charge on any atom is -0.478 e. The van der Waals surface area contributed by atoms with Gasteiger partial charge in [0.05, 0.1) is 5.56 Å². The summed E-state index contributed by atoms with van der Waals surface area (Å²) < 4.78 is 0. The first-order chi connectivity index (χ1) is 13.5. The zero-order valence-electron chi connectivity index (χ0n) is 15.5. The van der Waals surface area contributed by atoms with E-state index in [0.29, 0.717) is 18.4 Å². The molecule has 5 atom stereocenters. The summed E-state index contributed by atoms with van der Waals surface area (Å²) in [7, 11) is 0. The van der Waals surface area contributed by atoms with E-state index in [4.69, 9.17) is 0 Å². The molecule has 1 aliphatic heterocycles. The van der Waals surface area contributed by atoms with Crippen LogP contribution in [0.1, 0.15) is 51.7 Å². The Hall–Kier alpha value is -2.95. The number of nitrogens with one attached hydrogen (secondary N) is 1. The number of ketones is 2. The number of hydrogen-bond donors (Lipinski definition) is 2. The predicted octanol–water partition coefficient (Wildman–Crippen LogP) is 3.53. The van der Waals surface area contributed by atoms with Gasteiger partial charge in [-0.3, -0.25) is 9.59 Å². The molecular weight excluding hydrogens is 354 g/mol. The monoisotopic (exact) mass is 375 g/mol. The molecule has 5 nitrogen and oxygen atoms in total. The summed E-state index contributed by atoms with van der Waals surface area (Å²) in [6, 6.07) is 12.9. The maximum atomic E-state index is 13.2. The molecule has 2 aromatic rings. The third-order valence-corrected chi connectivity index (χ3v) is 6.71. The van der Waals surface area contributed by atoms with Crippen molar-refractivity contribution in [3.8, 4) is 0 Å². The van der Waals surface area contributed by atoms with Gasteiger partial charge in [-0.05, 0) is 43.0 Å². The molecule has 142 valence electrons. The SMILES string of the molecule is Cc1cccc(C2C(=O)C3CC4Nc5cccc(C(=O)O)c5C4CC3C2=O)c1. The van der Waals surface area contributed by atoms with Gasteiger partial charge in [-0.15, -0.1) is 0 Å². The summed E-state index contributed by atoms with van der Waals surface area (Å²) in [5.41, 5.74) is 3.73. The van der Waals surface area contributed by atoms with Crippen LogP contribution in [0.5, 0.6) is 0 Å². The maximum Gasteiger partial charge on any atom is 0.336 e. The first-order valence-electron chi connectivity index (χ1n) is 9.72. The van der Waals surface area contributed by atoms with E-state index in [-0.39, 0.29) is 35.4 Å². The molecule has 0 amide bonds. The second-order valence-electron chi connectivity index (χ2n) is 8.27. The van der Waals surface area contributed by atoms with Crippen LogP contribution in [0.2, 0.25) is 0 Å². The summed E-state index contributed by atoms with van der Waals surface area (Å²) in [6.45, 7) is 1.96. The Morgan fingerprint density at radius 3 is 2.43 bits per heavy atom. The summed E-state index contributed by atoms with van der Waals surface area (Å²) in [4.78, 5) is 38.1. The van der Waals surface area contributed by atoms with Crippen molar-refractivity contribution in [2.45, 2.75) is 37.6 Å². The van der Waals surface area contributed by atoms with Crippen LogP contribution >= 0.6 is 0 Å². The van der Waals surface area contributed by atoms with E-state index < -0.39 is 11.9 Å². The molecule has 5 unspecified atom stereocenters. The average molecular weight is 375 g/mol. The number of aromatic carboxylic acids is 1. The smallest absolute Gasteiger partial charge is 0.336 e. The highest BCUT2D eigenvalue weighted by atomic mass is 16.4. The summed E-state index contributed by atoms with van der Waals surface area (Å²) in [6.07, 6.45) is 1.11. The minimum atomic E-state index is -0.951. The Morgan fingerprint density at radius 2 is 1.71 bits per heavy atom. The highest BCUT2D eigenvalue weighted by Gasteiger charge is 2.55. The molecule has 2 N–H and O–H groups in total. The quantitative estimate of drug-likeness (QED) is 0.785.